The minimum Gasteiger partial charge on any atom is -0.364 e. The van der Waals surface area contributed by atoms with E-state index in [2.05, 4.69) is 10.3 Å². The fourth-order valence-electron chi connectivity index (χ4n) is 3.57. The Labute approximate surface area is 148 Å². The van der Waals surface area contributed by atoms with Crippen LogP contribution in [0, 0.1) is 17.0 Å². The summed E-state index contributed by atoms with van der Waals surface area (Å²) >= 11 is 6.37. The van der Waals surface area contributed by atoms with E-state index in [1.54, 1.807) is 0 Å². The smallest absolute Gasteiger partial charge is 0.294 e. The molecule has 2 aliphatic rings. The van der Waals surface area contributed by atoms with Crippen LogP contribution < -0.4 is 5.32 Å². The fourth-order valence-corrected chi connectivity index (χ4v) is 3.84. The van der Waals surface area contributed by atoms with Crippen molar-refractivity contribution in [2.75, 3.05) is 13.1 Å². The lowest BCUT2D eigenvalue weighted by Crippen LogP contribution is -2.37. The van der Waals surface area contributed by atoms with E-state index in [-0.39, 0.29) is 29.0 Å². The first-order valence-electron chi connectivity index (χ1n) is 7.96. The lowest BCUT2D eigenvalue weighted by atomic mass is 9.89. The van der Waals surface area contributed by atoms with Crippen LogP contribution in [-0.4, -0.2) is 33.8 Å². The number of amides is 1. The van der Waals surface area contributed by atoms with Crippen molar-refractivity contribution in [1.82, 2.24) is 15.2 Å². The van der Waals surface area contributed by atoms with Gasteiger partial charge >= 0.3 is 0 Å². The topological polar surface area (TPSA) is 88.4 Å². The molecule has 0 aliphatic carbocycles. The number of pyridine rings is 1. The summed E-state index contributed by atoms with van der Waals surface area (Å²) in [6, 6.07) is 7.53. The molecule has 1 aromatic carbocycles. The van der Waals surface area contributed by atoms with Gasteiger partial charge in [0.05, 0.1) is 16.4 Å². The molecule has 0 radical (unpaired) electrons. The molecule has 1 N–H and O–H groups in total. The molecule has 1 atom stereocenters. The number of halogens is 1. The second-order valence-corrected chi connectivity index (χ2v) is 6.59. The highest BCUT2D eigenvalue weighted by Gasteiger charge is 2.44. The highest BCUT2D eigenvalue weighted by atomic mass is 35.5. The zero-order chi connectivity index (χ0) is 17.7. The Morgan fingerprint density at radius 2 is 2.24 bits per heavy atom. The minimum absolute atomic E-state index is 0.0141. The molecule has 0 bridgehead atoms. The summed E-state index contributed by atoms with van der Waals surface area (Å²) in [7, 11) is 0. The number of hydrogen-bond donors (Lipinski definition) is 1. The van der Waals surface area contributed by atoms with Crippen molar-refractivity contribution in [1.29, 1.82) is 0 Å². The highest BCUT2D eigenvalue weighted by Crippen LogP contribution is 2.40. The monoisotopic (exact) mass is 358 g/mol. The second kappa shape index (κ2) is 5.70. The predicted octanol–water partition coefficient (Wildman–Crippen LogP) is 2.56. The van der Waals surface area contributed by atoms with Crippen molar-refractivity contribution in [3.05, 3.63) is 62.2 Å². The SMILES string of the molecule is Cc1cccc2cc(C3CC(=O)N4CCNC4=C3[N+](=O)[O-])c(Cl)nc12. The maximum absolute atomic E-state index is 12.4. The number of benzene rings is 1. The summed E-state index contributed by atoms with van der Waals surface area (Å²) in [5, 5.41) is 15.7. The van der Waals surface area contributed by atoms with E-state index in [0.717, 1.165) is 16.5 Å². The number of carbonyl (C=O) groups excluding carboxylic acids is 1. The van der Waals surface area contributed by atoms with Gasteiger partial charge < -0.3 is 5.32 Å². The molecule has 3 heterocycles. The molecule has 8 heteroatoms. The standard InChI is InChI=1S/C17H15ClN4O3/c1-9-3-2-4-10-7-12(16(18)20-14(9)10)11-8-13(23)21-6-5-19-17(21)15(11)22(24)25/h2-4,7,11,19H,5-6,8H2,1H3. The van der Waals surface area contributed by atoms with Crippen LogP contribution in [0.25, 0.3) is 10.9 Å². The minimum atomic E-state index is -0.718. The van der Waals surface area contributed by atoms with Gasteiger partial charge in [0.15, 0.2) is 5.82 Å². The van der Waals surface area contributed by atoms with Crippen LogP contribution in [0.2, 0.25) is 5.15 Å². The summed E-state index contributed by atoms with van der Waals surface area (Å²) in [6.45, 7) is 2.88. The molecule has 4 rings (SSSR count). The third kappa shape index (κ3) is 2.42. The van der Waals surface area contributed by atoms with E-state index in [1.165, 1.54) is 4.90 Å². The van der Waals surface area contributed by atoms with Gasteiger partial charge in [0.25, 0.3) is 5.70 Å². The van der Waals surface area contributed by atoms with Gasteiger partial charge in [-0.25, -0.2) is 4.98 Å². The van der Waals surface area contributed by atoms with Gasteiger partial charge in [-0.15, -0.1) is 0 Å². The maximum Gasteiger partial charge on any atom is 0.294 e. The maximum atomic E-state index is 12.4. The Kier molecular flexibility index (Phi) is 3.61. The number of nitrogens with zero attached hydrogens (tertiary/aromatic N) is 3. The summed E-state index contributed by atoms with van der Waals surface area (Å²) in [6.07, 6.45) is 0.0141. The molecule has 1 amide bonds. The van der Waals surface area contributed by atoms with Gasteiger partial charge in [-0.3, -0.25) is 19.8 Å². The van der Waals surface area contributed by atoms with Crippen LogP contribution in [0.4, 0.5) is 0 Å². The van der Waals surface area contributed by atoms with E-state index >= 15 is 0 Å². The van der Waals surface area contributed by atoms with E-state index in [4.69, 9.17) is 11.6 Å². The Bertz CT molecular complexity index is 956. The second-order valence-electron chi connectivity index (χ2n) is 6.23. The lowest BCUT2D eigenvalue weighted by Gasteiger charge is -2.27. The number of fused-ring (bicyclic) bond motifs is 2. The first-order chi connectivity index (χ1) is 12.0. The van der Waals surface area contributed by atoms with Crippen LogP contribution >= 0.6 is 11.6 Å². The number of para-hydroxylation sites is 1. The number of aromatic nitrogens is 1. The van der Waals surface area contributed by atoms with Gasteiger partial charge in [0.1, 0.15) is 5.15 Å². The molecule has 1 aromatic heterocycles. The summed E-state index contributed by atoms with van der Waals surface area (Å²) in [5.74, 6) is -0.577. The molecule has 128 valence electrons. The lowest BCUT2D eigenvalue weighted by molar-refractivity contribution is -0.433. The average molecular weight is 359 g/mol. The van der Waals surface area contributed by atoms with Crippen LogP contribution in [0.15, 0.2) is 35.8 Å². The number of nitrogens with one attached hydrogen (secondary N) is 1. The number of aryl methyl sites for hydroxylation is 1. The van der Waals surface area contributed by atoms with E-state index in [9.17, 15) is 14.9 Å². The van der Waals surface area contributed by atoms with E-state index < -0.39 is 10.8 Å². The quantitative estimate of drug-likeness (QED) is 0.506. The molecule has 1 fully saturated rings. The van der Waals surface area contributed by atoms with Crippen molar-refractivity contribution in [2.24, 2.45) is 0 Å². The largest absolute Gasteiger partial charge is 0.364 e. The summed E-state index contributed by atoms with van der Waals surface area (Å²) < 4.78 is 0. The van der Waals surface area contributed by atoms with Gasteiger partial charge in [-0.1, -0.05) is 29.8 Å². The Balaban J connectivity index is 1.92. The molecule has 7 nitrogen and oxygen atoms in total. The molecule has 1 unspecified atom stereocenters. The van der Waals surface area contributed by atoms with Gasteiger partial charge in [-0.05, 0) is 18.6 Å². The first-order valence-corrected chi connectivity index (χ1v) is 8.33. The summed E-state index contributed by atoms with van der Waals surface area (Å²) in [5.41, 5.74) is 2.23. The summed E-state index contributed by atoms with van der Waals surface area (Å²) in [4.78, 5) is 29.6. The molecule has 2 aromatic rings. The number of carbonyl (C=O) groups is 1. The normalized spacial score (nSPS) is 20.0. The van der Waals surface area contributed by atoms with Crippen LogP contribution in [0.1, 0.15) is 23.5 Å². The van der Waals surface area contributed by atoms with E-state index in [0.29, 0.717) is 18.7 Å². The van der Waals surface area contributed by atoms with Crippen LogP contribution in [-0.2, 0) is 4.79 Å². The molecular formula is C17H15ClN4O3. The van der Waals surface area contributed by atoms with Crippen molar-refractivity contribution < 1.29 is 9.72 Å². The van der Waals surface area contributed by atoms with Crippen molar-refractivity contribution in [3.8, 4) is 0 Å². The van der Waals surface area contributed by atoms with Crippen LogP contribution in [0.3, 0.4) is 0 Å². The zero-order valence-electron chi connectivity index (χ0n) is 13.5. The number of nitro groups is 1. The number of allylic oxidation sites excluding steroid dienone is 1. The Hall–Kier alpha value is -2.67. The average Bonchev–Trinajstić information content (AvgIpc) is 3.04. The molecule has 25 heavy (non-hydrogen) atoms. The van der Waals surface area contributed by atoms with Crippen LogP contribution in [0.5, 0.6) is 0 Å². The number of rotatable bonds is 2. The van der Waals surface area contributed by atoms with Crippen molar-refractivity contribution in [2.45, 2.75) is 19.3 Å². The van der Waals surface area contributed by atoms with Crippen molar-refractivity contribution >= 4 is 28.4 Å². The Morgan fingerprint density at radius 3 is 3.00 bits per heavy atom. The van der Waals surface area contributed by atoms with Gasteiger partial charge in [0, 0.05) is 30.5 Å². The fraction of sp³-hybridized carbons (Fsp3) is 0.294. The molecule has 1 saturated heterocycles. The third-order valence-corrected chi connectivity index (χ3v) is 5.05. The number of hydrogen-bond acceptors (Lipinski definition) is 5. The van der Waals surface area contributed by atoms with Gasteiger partial charge in [0.2, 0.25) is 5.91 Å². The molecule has 0 saturated carbocycles. The zero-order valence-corrected chi connectivity index (χ0v) is 14.2. The highest BCUT2D eigenvalue weighted by molar-refractivity contribution is 6.30. The molecule has 2 aliphatic heterocycles. The molecular weight excluding hydrogens is 344 g/mol. The molecule has 0 spiro atoms. The van der Waals surface area contributed by atoms with E-state index in [1.807, 2.05) is 31.2 Å². The third-order valence-electron chi connectivity index (χ3n) is 4.75. The van der Waals surface area contributed by atoms with Gasteiger partial charge in [-0.2, -0.15) is 0 Å². The first kappa shape index (κ1) is 15.8. The van der Waals surface area contributed by atoms with Crippen molar-refractivity contribution in [3.63, 3.8) is 0 Å². The Morgan fingerprint density at radius 1 is 1.44 bits per heavy atom. The predicted molar refractivity (Wildman–Crippen MR) is 92.6 cm³/mol.